The first-order chi connectivity index (χ1) is 14.0. The summed E-state index contributed by atoms with van der Waals surface area (Å²) in [7, 11) is 0. The first-order valence-corrected chi connectivity index (χ1v) is 10.2. The highest BCUT2D eigenvalue weighted by molar-refractivity contribution is 8.01. The number of thioether (sulfide) groups is 1. The minimum Gasteiger partial charge on any atom is -0.454 e. The van der Waals surface area contributed by atoms with Crippen molar-refractivity contribution in [3.8, 4) is 17.2 Å². The lowest BCUT2D eigenvalue weighted by atomic mass is 10.0. The van der Waals surface area contributed by atoms with Gasteiger partial charge in [-0.2, -0.15) is 5.10 Å². The molecular formula is C21H18FN3O3S. The van der Waals surface area contributed by atoms with Gasteiger partial charge in [0, 0.05) is 5.56 Å². The Balaban J connectivity index is 1.68. The van der Waals surface area contributed by atoms with Gasteiger partial charge in [0.15, 0.2) is 11.5 Å². The zero-order valence-corrected chi connectivity index (χ0v) is 16.6. The van der Waals surface area contributed by atoms with Crippen LogP contribution in [0, 0.1) is 12.7 Å². The standard InChI is InChI=1S/C21H18FN3O3S/c1-11-18-19(13-6-7-16-17(8-13)28-10-27-16)29-12(2)21(26)23-20(18)25(24-11)15-5-3-4-14(22)9-15/h3-9,12,19H,10H2,1-2H3,(H,23,26). The van der Waals surface area contributed by atoms with Crippen LogP contribution in [0.1, 0.15) is 29.0 Å². The van der Waals surface area contributed by atoms with Gasteiger partial charge in [-0.15, -0.1) is 11.8 Å². The molecule has 29 heavy (non-hydrogen) atoms. The average molecular weight is 411 g/mol. The number of rotatable bonds is 2. The summed E-state index contributed by atoms with van der Waals surface area (Å²) >= 11 is 1.55. The van der Waals surface area contributed by atoms with Gasteiger partial charge in [-0.1, -0.05) is 12.1 Å². The van der Waals surface area contributed by atoms with Crippen molar-refractivity contribution in [2.24, 2.45) is 0 Å². The zero-order valence-electron chi connectivity index (χ0n) is 15.8. The number of hydrogen-bond acceptors (Lipinski definition) is 5. The summed E-state index contributed by atoms with van der Waals surface area (Å²) in [5, 5.41) is 7.19. The second-order valence-electron chi connectivity index (χ2n) is 7.00. The fourth-order valence-corrected chi connectivity index (χ4v) is 4.95. The van der Waals surface area contributed by atoms with E-state index in [0.717, 1.165) is 16.8 Å². The monoisotopic (exact) mass is 411 g/mol. The van der Waals surface area contributed by atoms with E-state index >= 15 is 0 Å². The van der Waals surface area contributed by atoms with E-state index in [1.165, 1.54) is 12.1 Å². The number of carbonyl (C=O) groups is 1. The van der Waals surface area contributed by atoms with Gasteiger partial charge in [-0.3, -0.25) is 4.79 Å². The van der Waals surface area contributed by atoms with Crippen LogP contribution in [0.2, 0.25) is 0 Å². The van der Waals surface area contributed by atoms with E-state index in [2.05, 4.69) is 10.4 Å². The van der Waals surface area contributed by atoms with Gasteiger partial charge in [0.25, 0.3) is 0 Å². The first-order valence-electron chi connectivity index (χ1n) is 9.22. The average Bonchev–Trinajstić information content (AvgIpc) is 3.26. The summed E-state index contributed by atoms with van der Waals surface area (Å²) in [6.45, 7) is 3.98. The van der Waals surface area contributed by atoms with Crippen molar-refractivity contribution in [2.75, 3.05) is 12.1 Å². The summed E-state index contributed by atoms with van der Waals surface area (Å²) < 4.78 is 26.4. The third-order valence-corrected chi connectivity index (χ3v) is 6.47. The van der Waals surface area contributed by atoms with Gasteiger partial charge in [0.2, 0.25) is 12.7 Å². The molecule has 5 rings (SSSR count). The fraction of sp³-hybridized carbons (Fsp3) is 0.238. The Labute approximate surface area is 171 Å². The smallest absolute Gasteiger partial charge is 0.238 e. The van der Waals surface area contributed by atoms with E-state index in [0.29, 0.717) is 23.0 Å². The molecule has 2 aliphatic rings. The molecular weight excluding hydrogens is 393 g/mol. The van der Waals surface area contributed by atoms with E-state index in [9.17, 15) is 9.18 Å². The van der Waals surface area contributed by atoms with E-state index in [-0.39, 0.29) is 29.0 Å². The van der Waals surface area contributed by atoms with Crippen LogP contribution >= 0.6 is 11.8 Å². The van der Waals surface area contributed by atoms with Crippen LogP contribution in [0.25, 0.3) is 5.69 Å². The highest BCUT2D eigenvalue weighted by Crippen LogP contribution is 2.48. The summed E-state index contributed by atoms with van der Waals surface area (Å²) in [4.78, 5) is 12.7. The van der Waals surface area contributed by atoms with Crippen LogP contribution in [-0.2, 0) is 4.79 Å². The number of hydrogen-bond donors (Lipinski definition) is 1. The van der Waals surface area contributed by atoms with Crippen molar-refractivity contribution in [1.82, 2.24) is 9.78 Å². The van der Waals surface area contributed by atoms with Crippen LogP contribution in [0.4, 0.5) is 10.2 Å². The van der Waals surface area contributed by atoms with Gasteiger partial charge in [-0.05, 0) is 49.7 Å². The Kier molecular flexibility index (Phi) is 4.24. The molecule has 1 aromatic heterocycles. The number of amides is 1. The van der Waals surface area contributed by atoms with Gasteiger partial charge in [0.1, 0.15) is 11.6 Å². The van der Waals surface area contributed by atoms with E-state index in [1.54, 1.807) is 28.6 Å². The van der Waals surface area contributed by atoms with E-state index in [1.807, 2.05) is 32.0 Å². The quantitative estimate of drug-likeness (QED) is 0.684. The molecule has 1 amide bonds. The molecule has 0 bridgehead atoms. The minimum atomic E-state index is -0.362. The third-order valence-electron chi connectivity index (χ3n) is 5.07. The topological polar surface area (TPSA) is 65.4 Å². The van der Waals surface area contributed by atoms with Gasteiger partial charge in [0.05, 0.1) is 21.9 Å². The molecule has 0 saturated carbocycles. The third kappa shape index (κ3) is 3.04. The molecule has 8 heteroatoms. The summed E-state index contributed by atoms with van der Waals surface area (Å²) in [6.07, 6.45) is 0. The van der Waals surface area contributed by atoms with Crippen LogP contribution in [0.5, 0.6) is 11.5 Å². The van der Waals surface area contributed by atoms with E-state index < -0.39 is 0 Å². The lowest BCUT2D eigenvalue weighted by Gasteiger charge is -2.17. The molecule has 0 saturated heterocycles. The molecule has 2 atom stereocenters. The molecule has 0 spiro atoms. The molecule has 1 N–H and O–H groups in total. The van der Waals surface area contributed by atoms with Crippen LogP contribution in [-0.4, -0.2) is 27.7 Å². The highest BCUT2D eigenvalue weighted by atomic mass is 32.2. The summed E-state index contributed by atoms with van der Waals surface area (Å²) in [5.41, 5.74) is 3.22. The Morgan fingerprint density at radius 3 is 2.86 bits per heavy atom. The minimum absolute atomic E-state index is 0.114. The maximum absolute atomic E-state index is 13.8. The number of fused-ring (bicyclic) bond motifs is 2. The molecule has 148 valence electrons. The van der Waals surface area contributed by atoms with Crippen molar-refractivity contribution in [3.05, 3.63) is 65.1 Å². The number of aromatic nitrogens is 2. The Bertz CT molecular complexity index is 1130. The van der Waals surface area contributed by atoms with Crippen molar-refractivity contribution >= 4 is 23.5 Å². The second kappa shape index (κ2) is 6.81. The summed E-state index contributed by atoms with van der Waals surface area (Å²) in [5.74, 6) is 1.49. The number of carbonyl (C=O) groups excluding carboxylic acids is 1. The zero-order chi connectivity index (χ0) is 20.1. The molecule has 3 heterocycles. The Morgan fingerprint density at radius 2 is 2.03 bits per heavy atom. The molecule has 2 unspecified atom stereocenters. The van der Waals surface area contributed by atoms with Gasteiger partial charge >= 0.3 is 0 Å². The van der Waals surface area contributed by atoms with Crippen molar-refractivity contribution in [2.45, 2.75) is 24.3 Å². The van der Waals surface area contributed by atoms with Crippen LogP contribution in [0.3, 0.4) is 0 Å². The van der Waals surface area contributed by atoms with Crippen LogP contribution in [0.15, 0.2) is 42.5 Å². The largest absolute Gasteiger partial charge is 0.454 e. The molecule has 0 aliphatic carbocycles. The van der Waals surface area contributed by atoms with Gasteiger partial charge in [-0.25, -0.2) is 9.07 Å². The molecule has 2 aromatic carbocycles. The number of aryl methyl sites for hydroxylation is 1. The predicted octanol–water partition coefficient (Wildman–Crippen LogP) is 4.21. The normalized spacial score (nSPS) is 20.2. The van der Waals surface area contributed by atoms with E-state index in [4.69, 9.17) is 9.47 Å². The number of nitrogens with zero attached hydrogens (tertiary/aromatic N) is 2. The highest BCUT2D eigenvalue weighted by Gasteiger charge is 2.34. The number of nitrogens with one attached hydrogen (secondary N) is 1. The molecule has 2 aliphatic heterocycles. The van der Waals surface area contributed by atoms with Gasteiger partial charge < -0.3 is 14.8 Å². The molecule has 0 fully saturated rings. The van der Waals surface area contributed by atoms with Crippen molar-refractivity contribution in [3.63, 3.8) is 0 Å². The maximum atomic E-state index is 13.8. The van der Waals surface area contributed by atoms with Crippen molar-refractivity contribution in [1.29, 1.82) is 0 Å². The van der Waals surface area contributed by atoms with Crippen LogP contribution < -0.4 is 14.8 Å². The lowest BCUT2D eigenvalue weighted by Crippen LogP contribution is -2.22. The maximum Gasteiger partial charge on any atom is 0.238 e. The Morgan fingerprint density at radius 1 is 1.21 bits per heavy atom. The predicted molar refractivity (Wildman–Crippen MR) is 108 cm³/mol. The summed E-state index contributed by atoms with van der Waals surface area (Å²) in [6, 6.07) is 12.0. The second-order valence-corrected chi connectivity index (χ2v) is 8.45. The number of anilines is 1. The fourth-order valence-electron chi connectivity index (χ4n) is 3.64. The molecule has 3 aromatic rings. The van der Waals surface area contributed by atoms with Crippen molar-refractivity contribution < 1.29 is 18.7 Å². The Hall–Kier alpha value is -3.00. The number of ether oxygens (including phenoxy) is 2. The molecule has 6 nitrogen and oxygen atoms in total. The molecule has 0 radical (unpaired) electrons. The first kappa shape index (κ1) is 18.1. The number of halogens is 1. The number of benzene rings is 2. The SMILES string of the molecule is Cc1nn(-c2cccc(F)c2)c2c1C(c1ccc3c(c1)OCO3)SC(C)C(=O)N2. The lowest BCUT2D eigenvalue weighted by molar-refractivity contribution is -0.115.